The topological polar surface area (TPSA) is 84.7 Å². The van der Waals surface area contributed by atoms with Gasteiger partial charge in [-0.25, -0.2) is 4.79 Å². The van der Waals surface area contributed by atoms with Crippen LogP contribution in [0, 0.1) is 6.92 Å². The van der Waals surface area contributed by atoms with Crippen LogP contribution in [0.2, 0.25) is 0 Å². The predicted octanol–water partition coefficient (Wildman–Crippen LogP) is 3.76. The lowest BCUT2D eigenvalue weighted by atomic mass is 9.96. The number of rotatable bonds is 6. The molecule has 2 aliphatic rings. The van der Waals surface area contributed by atoms with Crippen LogP contribution in [0.25, 0.3) is 11.3 Å². The molecule has 1 amide bonds. The van der Waals surface area contributed by atoms with Gasteiger partial charge < -0.3 is 19.5 Å². The first-order valence-corrected chi connectivity index (χ1v) is 11.4. The highest BCUT2D eigenvalue weighted by molar-refractivity contribution is 5.95. The highest BCUT2D eigenvalue weighted by atomic mass is 16.5. The molecule has 2 aromatic carbocycles. The third kappa shape index (κ3) is 4.54. The minimum Gasteiger partial charge on any atom is -0.457 e. The Labute approximate surface area is 192 Å². The number of carbonyl (C=O) groups is 2. The third-order valence-corrected chi connectivity index (χ3v) is 6.78. The number of hydrogen-bond donors (Lipinski definition) is 1. The van der Waals surface area contributed by atoms with E-state index in [1.807, 2.05) is 30.3 Å². The van der Waals surface area contributed by atoms with Gasteiger partial charge in [0, 0.05) is 48.4 Å². The molecule has 2 aliphatic heterocycles. The van der Waals surface area contributed by atoms with Crippen molar-refractivity contribution in [2.24, 2.45) is 0 Å². The summed E-state index contributed by atoms with van der Waals surface area (Å²) in [5.41, 5.74) is 6.52. The first-order chi connectivity index (χ1) is 16.1. The number of benzene rings is 2. The number of nitrogens with one attached hydrogen (secondary N) is 1. The Hall–Kier alpha value is -3.45. The third-order valence-electron chi connectivity index (χ3n) is 6.78. The minimum atomic E-state index is -0.213. The average molecular weight is 446 g/mol. The highest BCUT2D eigenvalue weighted by Gasteiger charge is 2.25. The molecule has 3 heterocycles. The first-order valence-electron chi connectivity index (χ1n) is 11.4. The molecule has 0 bridgehead atoms. The van der Waals surface area contributed by atoms with Crippen molar-refractivity contribution >= 4 is 11.9 Å². The van der Waals surface area contributed by atoms with E-state index in [1.54, 1.807) is 6.07 Å². The van der Waals surface area contributed by atoms with Gasteiger partial charge in [-0.15, -0.1) is 0 Å². The number of likely N-dealkylation sites (tertiary alicyclic amines) is 1. The SMILES string of the molecule is Cc1c(CCN2CCC(NC(=O)c3ccc(-c4ccon4)cc3)CC2)ccc2c1COC2=O. The van der Waals surface area contributed by atoms with Gasteiger partial charge >= 0.3 is 5.97 Å². The van der Waals surface area contributed by atoms with Crippen LogP contribution >= 0.6 is 0 Å². The van der Waals surface area contributed by atoms with Gasteiger partial charge in [0.2, 0.25) is 0 Å². The number of esters is 1. The molecule has 0 atom stereocenters. The number of hydrogen-bond acceptors (Lipinski definition) is 6. The largest absolute Gasteiger partial charge is 0.457 e. The van der Waals surface area contributed by atoms with Crippen LogP contribution in [-0.4, -0.2) is 47.6 Å². The van der Waals surface area contributed by atoms with Crippen molar-refractivity contribution < 1.29 is 18.8 Å². The maximum Gasteiger partial charge on any atom is 0.338 e. The summed E-state index contributed by atoms with van der Waals surface area (Å²) in [7, 11) is 0. The second kappa shape index (κ2) is 9.19. The van der Waals surface area contributed by atoms with E-state index in [9.17, 15) is 9.59 Å². The van der Waals surface area contributed by atoms with Crippen molar-refractivity contribution in [3.8, 4) is 11.3 Å². The van der Waals surface area contributed by atoms with Crippen molar-refractivity contribution in [3.63, 3.8) is 0 Å². The van der Waals surface area contributed by atoms with E-state index in [1.165, 1.54) is 17.4 Å². The number of carbonyl (C=O) groups excluding carboxylic acids is 2. The fourth-order valence-electron chi connectivity index (χ4n) is 4.67. The normalized spacial score (nSPS) is 16.5. The summed E-state index contributed by atoms with van der Waals surface area (Å²) < 4.78 is 10.0. The Kier molecular flexibility index (Phi) is 5.96. The zero-order valence-corrected chi connectivity index (χ0v) is 18.7. The molecule has 0 unspecified atom stereocenters. The Bertz CT molecular complexity index is 1150. The number of fused-ring (bicyclic) bond motifs is 1. The molecule has 1 saturated heterocycles. The fourth-order valence-corrected chi connectivity index (χ4v) is 4.67. The summed E-state index contributed by atoms with van der Waals surface area (Å²) in [4.78, 5) is 26.8. The highest BCUT2D eigenvalue weighted by Crippen LogP contribution is 2.26. The Morgan fingerprint density at radius 3 is 2.64 bits per heavy atom. The number of nitrogens with zero attached hydrogens (tertiary/aromatic N) is 2. The minimum absolute atomic E-state index is 0.0364. The van der Waals surface area contributed by atoms with Crippen LogP contribution in [0.5, 0.6) is 0 Å². The molecule has 7 heteroatoms. The number of ether oxygens (including phenoxy) is 1. The maximum absolute atomic E-state index is 12.7. The van der Waals surface area contributed by atoms with Gasteiger partial charge in [-0.2, -0.15) is 0 Å². The molecule has 1 N–H and O–H groups in total. The molecule has 3 aromatic rings. The number of amides is 1. The summed E-state index contributed by atoms with van der Waals surface area (Å²) in [5.74, 6) is -0.250. The molecule has 33 heavy (non-hydrogen) atoms. The van der Waals surface area contributed by atoms with Crippen molar-refractivity contribution in [1.29, 1.82) is 0 Å². The van der Waals surface area contributed by atoms with Crippen molar-refractivity contribution in [1.82, 2.24) is 15.4 Å². The zero-order valence-electron chi connectivity index (χ0n) is 18.7. The smallest absolute Gasteiger partial charge is 0.338 e. The monoisotopic (exact) mass is 445 g/mol. The molecule has 170 valence electrons. The predicted molar refractivity (Wildman–Crippen MR) is 123 cm³/mol. The van der Waals surface area contributed by atoms with Crippen LogP contribution in [0.15, 0.2) is 53.3 Å². The van der Waals surface area contributed by atoms with Gasteiger partial charge in [0.15, 0.2) is 0 Å². The molecule has 0 spiro atoms. The first kappa shape index (κ1) is 21.4. The van der Waals surface area contributed by atoms with Crippen LogP contribution < -0.4 is 5.32 Å². The van der Waals surface area contributed by atoms with Crippen LogP contribution in [0.4, 0.5) is 0 Å². The molecule has 7 nitrogen and oxygen atoms in total. The molecule has 0 saturated carbocycles. The fraction of sp³-hybridized carbons (Fsp3) is 0.346. The zero-order chi connectivity index (χ0) is 22.8. The Morgan fingerprint density at radius 1 is 1.12 bits per heavy atom. The van der Waals surface area contributed by atoms with E-state index < -0.39 is 0 Å². The summed E-state index contributed by atoms with van der Waals surface area (Å²) in [6.45, 7) is 5.36. The van der Waals surface area contributed by atoms with Crippen molar-refractivity contribution in [2.75, 3.05) is 19.6 Å². The van der Waals surface area contributed by atoms with E-state index in [2.05, 4.69) is 28.4 Å². The number of aromatic nitrogens is 1. The standard InChI is InChI=1S/C26H27N3O4/c1-17-18(6-7-22-23(17)16-32-26(22)31)8-12-29-13-9-21(10-14-29)27-25(30)20-4-2-19(3-5-20)24-11-15-33-28-24/h2-7,11,15,21H,8-10,12-14,16H2,1H3,(H,27,30). The molecule has 1 aromatic heterocycles. The molecule has 0 aliphatic carbocycles. The van der Waals surface area contributed by atoms with Crippen LogP contribution in [0.3, 0.4) is 0 Å². The molecule has 0 radical (unpaired) electrons. The molecular formula is C26H27N3O4. The van der Waals surface area contributed by atoms with Gasteiger partial charge in [0.1, 0.15) is 18.6 Å². The van der Waals surface area contributed by atoms with Gasteiger partial charge in [-0.1, -0.05) is 23.4 Å². The summed E-state index contributed by atoms with van der Waals surface area (Å²) >= 11 is 0. The van der Waals surface area contributed by atoms with E-state index >= 15 is 0 Å². The maximum atomic E-state index is 12.7. The van der Waals surface area contributed by atoms with Gasteiger partial charge in [-0.3, -0.25) is 4.79 Å². The van der Waals surface area contributed by atoms with Crippen molar-refractivity contribution in [3.05, 3.63) is 76.5 Å². The number of cyclic esters (lactones) is 1. The van der Waals surface area contributed by atoms with Crippen LogP contribution in [-0.2, 0) is 17.8 Å². The van der Waals surface area contributed by atoms with E-state index in [0.29, 0.717) is 17.7 Å². The van der Waals surface area contributed by atoms with Gasteiger partial charge in [-0.05, 0) is 55.5 Å². The van der Waals surface area contributed by atoms with Gasteiger partial charge in [0.25, 0.3) is 5.91 Å². The van der Waals surface area contributed by atoms with Crippen molar-refractivity contribution in [2.45, 2.75) is 38.8 Å². The quantitative estimate of drug-likeness (QED) is 0.582. The average Bonchev–Trinajstić information content (AvgIpc) is 3.51. The van der Waals surface area contributed by atoms with E-state index in [0.717, 1.165) is 55.7 Å². The Morgan fingerprint density at radius 2 is 1.91 bits per heavy atom. The lowest BCUT2D eigenvalue weighted by Crippen LogP contribution is -2.45. The van der Waals surface area contributed by atoms with Crippen LogP contribution in [0.1, 0.15) is 50.2 Å². The summed E-state index contributed by atoms with van der Waals surface area (Å²) in [6.07, 6.45) is 4.36. The molecule has 1 fully saturated rings. The second-order valence-electron chi connectivity index (χ2n) is 8.75. The lowest BCUT2D eigenvalue weighted by molar-refractivity contribution is 0.0534. The van der Waals surface area contributed by atoms with E-state index in [4.69, 9.17) is 9.26 Å². The lowest BCUT2D eigenvalue weighted by Gasteiger charge is -2.32. The Balaban J connectivity index is 1.10. The summed E-state index contributed by atoms with van der Waals surface area (Å²) in [6, 6.07) is 13.4. The molecular weight excluding hydrogens is 418 g/mol. The second-order valence-corrected chi connectivity index (χ2v) is 8.75. The number of piperidine rings is 1. The molecule has 5 rings (SSSR count). The van der Waals surface area contributed by atoms with E-state index in [-0.39, 0.29) is 17.9 Å². The van der Waals surface area contributed by atoms with Gasteiger partial charge in [0.05, 0.1) is 5.56 Å². The summed E-state index contributed by atoms with van der Waals surface area (Å²) in [5, 5.41) is 7.10.